The van der Waals surface area contributed by atoms with Crippen molar-refractivity contribution < 1.29 is 9.59 Å². The second-order valence-electron chi connectivity index (χ2n) is 12.6. The zero-order chi connectivity index (χ0) is 33.4. The summed E-state index contributed by atoms with van der Waals surface area (Å²) >= 11 is 7.19. The van der Waals surface area contributed by atoms with E-state index in [0.717, 1.165) is 55.1 Å². The molecule has 0 bridgehead atoms. The number of nitrogens with zero attached hydrogens (tertiary/aromatic N) is 5. The quantitative estimate of drug-likeness (QED) is 0.140. The molecule has 0 aliphatic carbocycles. The smallest absolute Gasteiger partial charge is 0.322 e. The molecule has 4 amide bonds. The molecule has 48 heavy (non-hydrogen) atoms. The number of para-hydroxylation sites is 3. The van der Waals surface area contributed by atoms with Crippen LogP contribution in [0.3, 0.4) is 0 Å². The summed E-state index contributed by atoms with van der Waals surface area (Å²) in [5.74, 6) is 0.789. The molecule has 4 aromatic rings. The Morgan fingerprint density at radius 2 is 1.77 bits per heavy atom. The number of aliphatic imine (C=N–C) groups is 1. The van der Waals surface area contributed by atoms with Crippen molar-refractivity contribution >= 4 is 78.2 Å². The summed E-state index contributed by atoms with van der Waals surface area (Å²) in [5.41, 5.74) is 12.7. The minimum atomic E-state index is -0.467. The molecule has 4 N–H and O–H groups in total. The van der Waals surface area contributed by atoms with E-state index in [1.807, 2.05) is 76.7 Å². The number of nitrogen functional groups attached to an aromatic ring is 1. The molecule has 2 atom stereocenters. The van der Waals surface area contributed by atoms with Gasteiger partial charge in [0.25, 0.3) is 0 Å². The van der Waals surface area contributed by atoms with Gasteiger partial charge in [0.15, 0.2) is 11.4 Å². The van der Waals surface area contributed by atoms with Crippen LogP contribution in [0.4, 0.5) is 38.0 Å². The van der Waals surface area contributed by atoms with Crippen LogP contribution in [0.25, 0.3) is 0 Å². The Morgan fingerprint density at radius 1 is 1.04 bits per heavy atom. The van der Waals surface area contributed by atoms with Crippen molar-refractivity contribution in [3.05, 3.63) is 105 Å². The first-order valence-corrected chi connectivity index (χ1v) is 17.7. The van der Waals surface area contributed by atoms with Gasteiger partial charge in [0, 0.05) is 65.1 Å². The van der Waals surface area contributed by atoms with Gasteiger partial charge in [-0.05, 0) is 92.6 Å². The summed E-state index contributed by atoms with van der Waals surface area (Å²) in [4.78, 5) is 40.7. The highest BCUT2D eigenvalue weighted by atomic mass is 79.9. The van der Waals surface area contributed by atoms with E-state index in [1.165, 1.54) is 0 Å². The molecule has 0 radical (unpaired) electrons. The maximum absolute atomic E-state index is 14.1. The molecular weight excluding hydrogens is 736 g/mol. The average Bonchev–Trinajstić information content (AvgIpc) is 3.30. The third kappa shape index (κ3) is 6.08. The van der Waals surface area contributed by atoms with Crippen molar-refractivity contribution in [1.29, 1.82) is 0 Å². The Balaban J connectivity index is 1.14. The van der Waals surface area contributed by atoms with Crippen LogP contribution in [0.1, 0.15) is 24.0 Å². The average molecular weight is 774 g/mol. The van der Waals surface area contributed by atoms with Gasteiger partial charge in [-0.2, -0.15) is 4.99 Å². The first-order chi connectivity index (χ1) is 23.2. The molecule has 3 aromatic carbocycles. The Kier molecular flexibility index (Phi) is 8.97. The summed E-state index contributed by atoms with van der Waals surface area (Å²) in [6.45, 7) is 1.74. The van der Waals surface area contributed by atoms with Gasteiger partial charge in [-0.25, -0.2) is 14.1 Å². The maximum Gasteiger partial charge on any atom is 0.322 e. The normalized spacial score (nSPS) is 19.9. The molecule has 1 unspecified atom stereocenters. The number of anilines is 2. The number of carbonyl (C=O) groups is 2. The lowest BCUT2D eigenvalue weighted by Gasteiger charge is -2.39. The lowest BCUT2D eigenvalue weighted by Crippen LogP contribution is -2.59. The molecule has 1 fully saturated rings. The number of hydrogen-bond acceptors (Lipinski definition) is 5. The van der Waals surface area contributed by atoms with Gasteiger partial charge in [-0.15, -0.1) is 0 Å². The van der Waals surface area contributed by atoms with Crippen LogP contribution in [-0.2, 0) is 12.8 Å². The fraction of sp³-hybridized carbons (Fsp3) is 0.278. The van der Waals surface area contributed by atoms with Gasteiger partial charge in [-0.3, -0.25) is 4.98 Å². The van der Waals surface area contributed by atoms with Crippen molar-refractivity contribution in [2.75, 3.05) is 37.7 Å². The standard InChI is InChI=1S/C36H36Br2N8O2/c1-46(26-8-6-15-40-22-26)32-11-5-4-10-30(32)41-34(46)31(21-23-19-27(37)33(39)28(38)20-23)43-35(47)44-16-13-25(14-17-44)45-18-12-24-7-2-3-9-29(24)42-36(45)48/h2-11,15,19-20,22,25,31H,12-14,16-18,21,39H2,1H3,(H-,42,43,47,48)/p+1/t31?,46-/m0/s1. The van der Waals surface area contributed by atoms with Crippen molar-refractivity contribution in [3.63, 3.8) is 0 Å². The molecule has 10 nitrogen and oxygen atoms in total. The number of likely N-dealkylation sites (N-methyl/N-ethyl adjacent to an activating group) is 1. The topological polar surface area (TPSA) is 116 Å². The zero-order valence-electron chi connectivity index (χ0n) is 26.6. The minimum absolute atomic E-state index is 0.0582. The number of fused-ring (bicyclic) bond motifs is 2. The molecule has 1 saturated heterocycles. The molecule has 12 heteroatoms. The van der Waals surface area contributed by atoms with Crippen LogP contribution in [0, 0.1) is 0 Å². The van der Waals surface area contributed by atoms with Gasteiger partial charge < -0.3 is 26.2 Å². The number of likely N-dealkylation sites (tertiary alicyclic amines) is 1. The van der Waals surface area contributed by atoms with Crippen LogP contribution in [0.5, 0.6) is 0 Å². The number of urea groups is 2. The highest BCUT2D eigenvalue weighted by Gasteiger charge is 2.47. The zero-order valence-corrected chi connectivity index (χ0v) is 29.7. The summed E-state index contributed by atoms with van der Waals surface area (Å²) in [5, 5.41) is 6.47. The number of amidine groups is 1. The molecule has 3 aliphatic heterocycles. The van der Waals surface area contributed by atoms with Crippen LogP contribution >= 0.6 is 31.9 Å². The minimum Gasteiger partial charge on any atom is -0.397 e. The number of benzene rings is 3. The lowest BCUT2D eigenvalue weighted by atomic mass is 10.0. The Labute approximate surface area is 296 Å². The number of hydrogen-bond donors (Lipinski definition) is 3. The molecule has 1 aromatic heterocycles. The summed E-state index contributed by atoms with van der Waals surface area (Å²) in [7, 11) is 2.10. The number of amides is 4. The summed E-state index contributed by atoms with van der Waals surface area (Å²) in [6, 6.07) is 23.4. The van der Waals surface area contributed by atoms with E-state index in [-0.39, 0.29) is 22.6 Å². The molecule has 0 spiro atoms. The van der Waals surface area contributed by atoms with Gasteiger partial charge in [0.2, 0.25) is 5.84 Å². The number of nitrogens with one attached hydrogen (secondary N) is 2. The van der Waals surface area contributed by atoms with Crippen molar-refractivity contribution in [2.45, 2.75) is 37.8 Å². The van der Waals surface area contributed by atoms with Gasteiger partial charge in [0.05, 0.1) is 18.9 Å². The number of halogens is 2. The third-order valence-corrected chi connectivity index (χ3v) is 11.1. The third-order valence-electron chi connectivity index (χ3n) is 9.74. The molecular formula is C36H37Br2N8O2+. The van der Waals surface area contributed by atoms with E-state index in [9.17, 15) is 9.59 Å². The van der Waals surface area contributed by atoms with Crippen LogP contribution in [-0.4, -0.2) is 71.4 Å². The number of nitrogens with two attached hydrogens (primary N) is 1. The largest absolute Gasteiger partial charge is 0.397 e. The number of aromatic nitrogens is 1. The number of pyridine rings is 1. The van der Waals surface area contributed by atoms with E-state index in [0.29, 0.717) is 44.6 Å². The second kappa shape index (κ2) is 13.3. The SMILES string of the molecule is C[N@@+]1(c2cccnc2)C(C(Cc2cc(Br)c(N)c(Br)c2)NC(=O)N2CCC(N3CCc4ccccc4NC3=O)CC2)=Nc2ccccc21. The molecule has 246 valence electrons. The molecule has 3 aliphatic rings. The predicted octanol–water partition coefficient (Wildman–Crippen LogP) is 7.38. The van der Waals surface area contributed by atoms with E-state index >= 15 is 0 Å². The predicted molar refractivity (Wildman–Crippen MR) is 198 cm³/mol. The van der Waals surface area contributed by atoms with E-state index in [4.69, 9.17) is 10.7 Å². The van der Waals surface area contributed by atoms with E-state index in [2.05, 4.69) is 66.7 Å². The van der Waals surface area contributed by atoms with Gasteiger partial charge >= 0.3 is 12.1 Å². The van der Waals surface area contributed by atoms with Crippen LogP contribution in [0.15, 0.2) is 99.1 Å². The second-order valence-corrected chi connectivity index (χ2v) is 14.3. The molecule has 0 saturated carbocycles. The van der Waals surface area contributed by atoms with Crippen LogP contribution in [0.2, 0.25) is 0 Å². The first-order valence-electron chi connectivity index (χ1n) is 16.1. The van der Waals surface area contributed by atoms with Crippen molar-refractivity contribution in [2.24, 2.45) is 4.99 Å². The number of carbonyl (C=O) groups excluding carboxylic acids is 2. The van der Waals surface area contributed by atoms with E-state index < -0.39 is 6.04 Å². The Bertz CT molecular complexity index is 1870. The van der Waals surface area contributed by atoms with Crippen molar-refractivity contribution in [1.82, 2.24) is 24.6 Å². The van der Waals surface area contributed by atoms with Crippen molar-refractivity contribution in [3.8, 4) is 0 Å². The highest BCUT2D eigenvalue weighted by molar-refractivity contribution is 9.11. The summed E-state index contributed by atoms with van der Waals surface area (Å²) in [6.07, 6.45) is 6.30. The molecule has 4 heterocycles. The van der Waals surface area contributed by atoms with E-state index in [1.54, 1.807) is 6.20 Å². The number of quaternary nitrogens is 1. The lowest BCUT2D eigenvalue weighted by molar-refractivity contribution is 0.134. The first kappa shape index (κ1) is 32.3. The maximum atomic E-state index is 14.1. The number of piperidine rings is 1. The Hall–Kier alpha value is -4.26. The van der Waals surface area contributed by atoms with Gasteiger partial charge in [0.1, 0.15) is 11.7 Å². The van der Waals surface area contributed by atoms with Gasteiger partial charge in [-0.1, -0.05) is 30.3 Å². The summed E-state index contributed by atoms with van der Waals surface area (Å²) < 4.78 is 1.84. The van der Waals surface area contributed by atoms with Crippen LogP contribution < -0.4 is 20.9 Å². The molecule has 7 rings (SSSR count). The fourth-order valence-electron chi connectivity index (χ4n) is 7.12. The highest BCUT2D eigenvalue weighted by Crippen LogP contribution is 2.46. The fourth-order valence-corrected chi connectivity index (χ4v) is 8.40. The Morgan fingerprint density at radius 3 is 2.52 bits per heavy atom. The monoisotopic (exact) mass is 771 g/mol. The number of rotatable bonds is 6.